The minimum absolute atomic E-state index is 0.161. The number of esters is 2. The molecule has 0 fully saturated rings. The van der Waals surface area contributed by atoms with Gasteiger partial charge in [0.15, 0.2) is 0 Å². The van der Waals surface area contributed by atoms with Crippen molar-refractivity contribution in [1.82, 2.24) is 0 Å². The molecule has 0 saturated carbocycles. The largest absolute Gasteiger partial charge is 0.457 e. The van der Waals surface area contributed by atoms with E-state index in [0.29, 0.717) is 0 Å². The van der Waals surface area contributed by atoms with E-state index in [2.05, 4.69) is 0 Å². The van der Waals surface area contributed by atoms with E-state index in [-0.39, 0.29) is 24.3 Å². The number of hydrogen-bond donors (Lipinski definition) is 0. The van der Waals surface area contributed by atoms with Gasteiger partial charge < -0.3 is 9.47 Å². The van der Waals surface area contributed by atoms with E-state index in [1.54, 1.807) is 10.8 Å². The molecule has 0 aliphatic carbocycles. The van der Waals surface area contributed by atoms with Gasteiger partial charge in [-0.1, -0.05) is 60.7 Å². The number of hydrogen-bond acceptors (Lipinski definition) is 5. The Bertz CT molecular complexity index is 770. The zero-order valence-electron chi connectivity index (χ0n) is 13.4. The number of carbonyl (C=O) groups is 2. The first-order chi connectivity index (χ1) is 12.2. The Morgan fingerprint density at radius 2 is 1.08 bits per heavy atom. The molecule has 3 rings (SSSR count). The molecule has 0 aliphatic rings. The summed E-state index contributed by atoms with van der Waals surface area (Å²) in [6.07, 6.45) is 0. The first-order valence-electron chi connectivity index (χ1n) is 7.72. The molecule has 1 heterocycles. The van der Waals surface area contributed by atoms with Crippen LogP contribution in [0.5, 0.6) is 0 Å². The average Bonchev–Trinajstić information content (AvgIpc) is 3.16. The van der Waals surface area contributed by atoms with E-state index in [0.717, 1.165) is 11.1 Å². The van der Waals surface area contributed by atoms with E-state index < -0.39 is 11.9 Å². The topological polar surface area (TPSA) is 52.6 Å². The summed E-state index contributed by atoms with van der Waals surface area (Å²) in [5.74, 6) is -1.06. The highest BCUT2D eigenvalue weighted by molar-refractivity contribution is 7.08. The maximum atomic E-state index is 12.3. The van der Waals surface area contributed by atoms with Gasteiger partial charge in [0.25, 0.3) is 0 Å². The number of carbonyl (C=O) groups excluding carboxylic acids is 2. The molecule has 126 valence electrons. The van der Waals surface area contributed by atoms with Gasteiger partial charge in [-0.15, -0.1) is 0 Å². The maximum Gasteiger partial charge on any atom is 0.340 e. The van der Waals surface area contributed by atoms with Crippen LogP contribution in [-0.4, -0.2) is 11.9 Å². The van der Waals surface area contributed by atoms with Crippen molar-refractivity contribution in [2.45, 2.75) is 13.2 Å². The van der Waals surface area contributed by atoms with Gasteiger partial charge in [-0.05, 0) is 11.1 Å². The van der Waals surface area contributed by atoms with Crippen molar-refractivity contribution in [3.8, 4) is 0 Å². The molecular formula is C20H16O4S. The van der Waals surface area contributed by atoms with E-state index in [1.165, 1.54) is 11.3 Å². The molecule has 2 aromatic carbocycles. The van der Waals surface area contributed by atoms with Crippen molar-refractivity contribution >= 4 is 23.3 Å². The number of ether oxygens (including phenoxy) is 2. The summed E-state index contributed by atoms with van der Waals surface area (Å²) in [5, 5.41) is 3.21. The van der Waals surface area contributed by atoms with Crippen LogP contribution in [0.4, 0.5) is 0 Å². The second-order valence-corrected chi connectivity index (χ2v) is 6.07. The molecule has 0 bridgehead atoms. The molecule has 0 saturated heterocycles. The van der Waals surface area contributed by atoms with E-state index >= 15 is 0 Å². The normalized spacial score (nSPS) is 10.2. The lowest BCUT2D eigenvalue weighted by molar-refractivity contribution is 0.0427. The predicted molar refractivity (Wildman–Crippen MR) is 95.4 cm³/mol. The van der Waals surface area contributed by atoms with Gasteiger partial charge in [-0.3, -0.25) is 0 Å². The Balaban J connectivity index is 1.61. The van der Waals surface area contributed by atoms with Crippen LogP contribution in [0.2, 0.25) is 0 Å². The summed E-state index contributed by atoms with van der Waals surface area (Å²) in [6, 6.07) is 18.8. The van der Waals surface area contributed by atoms with E-state index in [4.69, 9.17) is 9.47 Å². The van der Waals surface area contributed by atoms with Crippen molar-refractivity contribution < 1.29 is 19.1 Å². The molecule has 0 N–H and O–H groups in total. The van der Waals surface area contributed by atoms with Crippen molar-refractivity contribution in [3.63, 3.8) is 0 Å². The van der Waals surface area contributed by atoms with Crippen LogP contribution in [-0.2, 0) is 22.7 Å². The highest BCUT2D eigenvalue weighted by Gasteiger charge is 2.20. The molecule has 4 nitrogen and oxygen atoms in total. The number of benzene rings is 2. The Labute approximate surface area is 149 Å². The lowest BCUT2D eigenvalue weighted by Crippen LogP contribution is -2.12. The molecular weight excluding hydrogens is 336 g/mol. The minimum Gasteiger partial charge on any atom is -0.457 e. The van der Waals surface area contributed by atoms with E-state index in [1.807, 2.05) is 60.7 Å². The molecule has 0 unspecified atom stereocenters. The van der Waals surface area contributed by atoms with Gasteiger partial charge in [-0.25, -0.2) is 9.59 Å². The standard InChI is InChI=1S/C20H16O4S/c21-19(23-11-15-7-3-1-4-8-15)17-13-25-14-18(17)20(22)24-12-16-9-5-2-6-10-16/h1-10,13-14H,11-12H2. The molecule has 0 aliphatic heterocycles. The van der Waals surface area contributed by atoms with Crippen molar-refractivity contribution in [2.24, 2.45) is 0 Å². The maximum absolute atomic E-state index is 12.3. The lowest BCUT2D eigenvalue weighted by Gasteiger charge is -2.07. The number of thiophene rings is 1. The third-order valence-electron chi connectivity index (χ3n) is 3.53. The summed E-state index contributed by atoms with van der Waals surface area (Å²) < 4.78 is 10.6. The van der Waals surface area contributed by atoms with Gasteiger partial charge in [0.05, 0.1) is 11.1 Å². The molecule has 5 heteroatoms. The van der Waals surface area contributed by atoms with Gasteiger partial charge in [0.1, 0.15) is 13.2 Å². The first kappa shape index (κ1) is 16.9. The third kappa shape index (κ3) is 4.55. The number of rotatable bonds is 6. The second-order valence-electron chi connectivity index (χ2n) is 5.32. The summed E-state index contributed by atoms with van der Waals surface area (Å²) in [5.41, 5.74) is 2.25. The zero-order valence-corrected chi connectivity index (χ0v) is 14.2. The summed E-state index contributed by atoms with van der Waals surface area (Å²) >= 11 is 1.26. The van der Waals surface area contributed by atoms with Crippen molar-refractivity contribution in [3.05, 3.63) is 93.7 Å². The highest BCUT2D eigenvalue weighted by Crippen LogP contribution is 2.19. The fourth-order valence-electron chi connectivity index (χ4n) is 2.21. The van der Waals surface area contributed by atoms with Gasteiger partial charge >= 0.3 is 11.9 Å². The predicted octanol–water partition coefficient (Wildman–Crippen LogP) is 4.46. The van der Waals surface area contributed by atoms with Crippen molar-refractivity contribution in [2.75, 3.05) is 0 Å². The Morgan fingerprint density at radius 3 is 1.48 bits per heavy atom. The highest BCUT2D eigenvalue weighted by atomic mass is 32.1. The summed E-state index contributed by atoms with van der Waals surface area (Å²) in [6.45, 7) is 0.321. The molecule has 0 atom stereocenters. The summed E-state index contributed by atoms with van der Waals surface area (Å²) in [7, 11) is 0. The molecule has 1 aromatic heterocycles. The van der Waals surface area contributed by atoms with Crippen LogP contribution in [0.25, 0.3) is 0 Å². The SMILES string of the molecule is O=C(OCc1ccccc1)c1cscc1C(=O)OCc1ccccc1. The van der Waals surface area contributed by atoms with Crippen LogP contribution in [0.3, 0.4) is 0 Å². The minimum atomic E-state index is -0.531. The molecule has 3 aromatic rings. The molecule has 25 heavy (non-hydrogen) atoms. The third-order valence-corrected chi connectivity index (χ3v) is 4.27. The Kier molecular flexibility index (Phi) is 5.59. The molecule has 0 spiro atoms. The second kappa shape index (κ2) is 8.26. The fraction of sp³-hybridized carbons (Fsp3) is 0.100. The van der Waals surface area contributed by atoms with E-state index in [9.17, 15) is 9.59 Å². The molecule has 0 radical (unpaired) electrons. The van der Waals surface area contributed by atoms with Crippen LogP contribution in [0.1, 0.15) is 31.8 Å². The Hall–Kier alpha value is -2.92. The lowest BCUT2D eigenvalue weighted by atomic mass is 10.2. The smallest absolute Gasteiger partial charge is 0.340 e. The Morgan fingerprint density at radius 1 is 0.680 bits per heavy atom. The van der Waals surface area contributed by atoms with Gasteiger partial charge in [0, 0.05) is 10.8 Å². The van der Waals surface area contributed by atoms with Crippen LogP contribution < -0.4 is 0 Å². The first-order valence-corrected chi connectivity index (χ1v) is 8.66. The van der Waals surface area contributed by atoms with Gasteiger partial charge in [0.2, 0.25) is 0 Å². The summed E-state index contributed by atoms with van der Waals surface area (Å²) in [4.78, 5) is 24.5. The molecule has 0 amide bonds. The average molecular weight is 352 g/mol. The quantitative estimate of drug-likeness (QED) is 0.615. The zero-order chi connectivity index (χ0) is 17.5. The monoisotopic (exact) mass is 352 g/mol. The van der Waals surface area contributed by atoms with Gasteiger partial charge in [-0.2, -0.15) is 11.3 Å². The van der Waals surface area contributed by atoms with Crippen LogP contribution in [0, 0.1) is 0 Å². The van der Waals surface area contributed by atoms with Crippen molar-refractivity contribution in [1.29, 1.82) is 0 Å². The fourth-order valence-corrected chi connectivity index (χ4v) is 3.00. The van der Waals surface area contributed by atoms with Crippen LogP contribution >= 0.6 is 11.3 Å². The van der Waals surface area contributed by atoms with Crippen LogP contribution in [0.15, 0.2) is 71.4 Å².